The molecule has 1 unspecified atom stereocenters. The van der Waals surface area contributed by atoms with E-state index in [4.69, 9.17) is 4.74 Å². The minimum atomic E-state index is -0.316. The molecule has 0 bridgehead atoms. The smallest absolute Gasteiger partial charge is 0.272 e. The number of rotatable bonds is 5. The molecule has 0 spiro atoms. The van der Waals surface area contributed by atoms with Crippen molar-refractivity contribution in [2.75, 3.05) is 18.0 Å². The SMILES string of the molecule is CCn1c(-c2n[nH]c(=O)c3ccccc23)nnc1N1CCC(Oc2cccc(F)c2)C1. The van der Waals surface area contributed by atoms with E-state index in [0.29, 0.717) is 35.7 Å². The number of H-pyrrole nitrogens is 1. The van der Waals surface area contributed by atoms with Gasteiger partial charge in [-0.05, 0) is 25.1 Å². The third kappa shape index (κ3) is 3.52. The highest BCUT2D eigenvalue weighted by Crippen LogP contribution is 2.28. The average Bonchev–Trinajstić information content (AvgIpc) is 3.41. The quantitative estimate of drug-likeness (QED) is 0.534. The number of hydrogen-bond donors (Lipinski definition) is 1. The van der Waals surface area contributed by atoms with E-state index in [0.717, 1.165) is 24.3 Å². The van der Waals surface area contributed by atoms with Gasteiger partial charge in [-0.2, -0.15) is 5.10 Å². The normalized spacial score (nSPS) is 16.2. The zero-order chi connectivity index (χ0) is 21.4. The first-order chi connectivity index (χ1) is 15.1. The van der Waals surface area contributed by atoms with Crippen LogP contribution in [0.5, 0.6) is 5.75 Å². The van der Waals surface area contributed by atoms with Gasteiger partial charge in [-0.15, -0.1) is 10.2 Å². The van der Waals surface area contributed by atoms with Crippen molar-refractivity contribution in [3.8, 4) is 17.3 Å². The van der Waals surface area contributed by atoms with E-state index in [1.807, 2.05) is 29.7 Å². The molecule has 0 aliphatic carbocycles. The first-order valence-corrected chi connectivity index (χ1v) is 10.2. The highest BCUT2D eigenvalue weighted by Gasteiger charge is 2.29. The fourth-order valence-electron chi connectivity index (χ4n) is 4.02. The van der Waals surface area contributed by atoms with Crippen LogP contribution < -0.4 is 15.2 Å². The first-order valence-electron chi connectivity index (χ1n) is 10.2. The summed E-state index contributed by atoms with van der Waals surface area (Å²) >= 11 is 0. The van der Waals surface area contributed by atoms with Gasteiger partial charge in [0, 0.05) is 31.0 Å². The Morgan fingerprint density at radius 1 is 1.16 bits per heavy atom. The Balaban J connectivity index is 1.44. The number of hydrogen-bond acceptors (Lipinski definition) is 6. The van der Waals surface area contributed by atoms with E-state index in [-0.39, 0.29) is 17.5 Å². The standard InChI is InChI=1S/C22H21FN6O2/c1-2-29-20(19-17-8-3-4-9-18(17)21(30)26-24-19)25-27-22(29)28-11-10-16(13-28)31-15-7-5-6-14(23)12-15/h3-9,12,16H,2,10-11,13H2,1H3,(H,26,30). The number of benzene rings is 2. The molecule has 1 saturated heterocycles. The summed E-state index contributed by atoms with van der Waals surface area (Å²) in [6, 6.07) is 13.5. The van der Waals surface area contributed by atoms with E-state index >= 15 is 0 Å². The van der Waals surface area contributed by atoms with Gasteiger partial charge in [-0.1, -0.05) is 24.3 Å². The number of nitrogens with zero attached hydrogens (tertiary/aromatic N) is 5. The van der Waals surface area contributed by atoms with Gasteiger partial charge in [-0.25, -0.2) is 9.49 Å². The van der Waals surface area contributed by atoms with Crippen molar-refractivity contribution in [2.24, 2.45) is 0 Å². The van der Waals surface area contributed by atoms with Crippen LogP contribution in [0.15, 0.2) is 53.3 Å². The van der Waals surface area contributed by atoms with Crippen LogP contribution in [0.2, 0.25) is 0 Å². The number of nitrogens with one attached hydrogen (secondary N) is 1. The molecular weight excluding hydrogens is 399 g/mol. The average molecular weight is 420 g/mol. The largest absolute Gasteiger partial charge is 0.488 e. The lowest BCUT2D eigenvalue weighted by Gasteiger charge is -2.19. The second-order valence-electron chi connectivity index (χ2n) is 7.45. The number of aromatic nitrogens is 5. The zero-order valence-electron chi connectivity index (χ0n) is 17.0. The molecule has 0 amide bonds. The van der Waals surface area contributed by atoms with Gasteiger partial charge in [0.25, 0.3) is 5.56 Å². The van der Waals surface area contributed by atoms with Crippen LogP contribution in [-0.4, -0.2) is 44.2 Å². The van der Waals surface area contributed by atoms with E-state index < -0.39 is 0 Å². The Kier molecular flexibility index (Phi) is 4.85. The molecule has 8 nitrogen and oxygen atoms in total. The van der Waals surface area contributed by atoms with E-state index in [1.54, 1.807) is 18.2 Å². The Morgan fingerprint density at radius 2 is 2.00 bits per heavy atom. The van der Waals surface area contributed by atoms with Crippen LogP contribution in [0.4, 0.5) is 10.3 Å². The van der Waals surface area contributed by atoms with Gasteiger partial charge >= 0.3 is 0 Å². The molecule has 9 heteroatoms. The summed E-state index contributed by atoms with van der Waals surface area (Å²) in [4.78, 5) is 14.2. The first kappa shape index (κ1) is 19.2. The molecule has 158 valence electrons. The summed E-state index contributed by atoms with van der Waals surface area (Å²) in [5.41, 5.74) is 0.349. The highest BCUT2D eigenvalue weighted by atomic mass is 19.1. The molecule has 1 atom stereocenters. The molecule has 0 saturated carbocycles. The Hall–Kier alpha value is -3.75. The second-order valence-corrected chi connectivity index (χ2v) is 7.45. The Bertz CT molecular complexity index is 1300. The molecule has 3 heterocycles. The summed E-state index contributed by atoms with van der Waals surface area (Å²) < 4.78 is 21.4. The van der Waals surface area contributed by atoms with Gasteiger partial charge < -0.3 is 9.64 Å². The van der Waals surface area contributed by atoms with Gasteiger partial charge in [-0.3, -0.25) is 9.36 Å². The maximum Gasteiger partial charge on any atom is 0.272 e. The van der Waals surface area contributed by atoms with Crippen molar-refractivity contribution >= 4 is 16.7 Å². The fourth-order valence-corrected chi connectivity index (χ4v) is 4.02. The van der Waals surface area contributed by atoms with Crippen molar-refractivity contribution in [1.29, 1.82) is 0 Å². The number of aromatic amines is 1. The van der Waals surface area contributed by atoms with Crippen LogP contribution in [0, 0.1) is 5.82 Å². The molecule has 31 heavy (non-hydrogen) atoms. The van der Waals surface area contributed by atoms with Crippen LogP contribution in [0.3, 0.4) is 0 Å². The lowest BCUT2D eigenvalue weighted by molar-refractivity contribution is 0.224. The molecule has 2 aromatic carbocycles. The lowest BCUT2D eigenvalue weighted by atomic mass is 10.1. The number of fused-ring (bicyclic) bond motifs is 1. The molecule has 5 rings (SSSR count). The van der Waals surface area contributed by atoms with Crippen molar-refractivity contribution in [2.45, 2.75) is 26.0 Å². The number of ether oxygens (including phenoxy) is 1. The zero-order valence-corrected chi connectivity index (χ0v) is 17.0. The van der Waals surface area contributed by atoms with Crippen LogP contribution in [0.1, 0.15) is 13.3 Å². The lowest BCUT2D eigenvalue weighted by Crippen LogP contribution is -2.27. The minimum absolute atomic E-state index is 0.0701. The maximum absolute atomic E-state index is 13.4. The molecule has 2 aromatic heterocycles. The topological polar surface area (TPSA) is 88.9 Å². The second kappa shape index (κ2) is 7.82. The summed E-state index contributed by atoms with van der Waals surface area (Å²) in [5, 5.41) is 16.9. The van der Waals surface area contributed by atoms with Crippen LogP contribution in [0.25, 0.3) is 22.3 Å². The Morgan fingerprint density at radius 3 is 2.81 bits per heavy atom. The van der Waals surface area contributed by atoms with Crippen LogP contribution >= 0.6 is 0 Å². The monoisotopic (exact) mass is 420 g/mol. The minimum Gasteiger partial charge on any atom is -0.488 e. The van der Waals surface area contributed by atoms with E-state index in [1.165, 1.54) is 12.1 Å². The summed E-state index contributed by atoms with van der Waals surface area (Å²) in [7, 11) is 0. The molecule has 1 fully saturated rings. The van der Waals surface area contributed by atoms with Crippen LogP contribution in [-0.2, 0) is 6.54 Å². The molecule has 1 aliphatic heterocycles. The van der Waals surface area contributed by atoms with E-state index in [9.17, 15) is 9.18 Å². The van der Waals surface area contributed by atoms with Gasteiger partial charge in [0.15, 0.2) is 5.82 Å². The Labute approximate surface area is 177 Å². The van der Waals surface area contributed by atoms with Gasteiger partial charge in [0.2, 0.25) is 5.95 Å². The predicted octanol–water partition coefficient (Wildman–Crippen LogP) is 3.00. The highest BCUT2D eigenvalue weighted by molar-refractivity contribution is 5.92. The van der Waals surface area contributed by atoms with Gasteiger partial charge in [0.05, 0.1) is 11.9 Å². The number of halogens is 1. The molecule has 0 radical (unpaired) electrons. The molecular formula is C22H21FN6O2. The van der Waals surface area contributed by atoms with Crippen molar-refractivity contribution in [3.05, 3.63) is 64.7 Å². The summed E-state index contributed by atoms with van der Waals surface area (Å²) in [6.07, 6.45) is 0.724. The molecule has 1 aliphatic rings. The molecule has 4 aromatic rings. The summed E-state index contributed by atoms with van der Waals surface area (Å²) in [5.74, 6) is 1.52. The number of anilines is 1. The van der Waals surface area contributed by atoms with Gasteiger partial charge in [0.1, 0.15) is 23.4 Å². The predicted molar refractivity (Wildman–Crippen MR) is 115 cm³/mol. The third-order valence-electron chi connectivity index (χ3n) is 5.48. The maximum atomic E-state index is 13.4. The molecule has 1 N–H and O–H groups in total. The summed E-state index contributed by atoms with van der Waals surface area (Å²) in [6.45, 7) is 4.02. The van der Waals surface area contributed by atoms with Crippen molar-refractivity contribution in [1.82, 2.24) is 25.0 Å². The van der Waals surface area contributed by atoms with Crippen molar-refractivity contribution < 1.29 is 9.13 Å². The fraction of sp³-hybridized carbons (Fsp3) is 0.273. The third-order valence-corrected chi connectivity index (χ3v) is 5.48. The van der Waals surface area contributed by atoms with E-state index in [2.05, 4.69) is 25.3 Å². The van der Waals surface area contributed by atoms with Crippen molar-refractivity contribution in [3.63, 3.8) is 0 Å².